The Morgan fingerprint density at radius 1 is 1.42 bits per heavy atom. The molecule has 0 saturated carbocycles. The number of carbonyl (C=O) groups excluding carboxylic acids is 1. The first-order valence-electron chi connectivity index (χ1n) is 6.23. The maximum atomic E-state index is 11.7. The molecule has 0 saturated heterocycles. The van der Waals surface area contributed by atoms with E-state index in [1.807, 2.05) is 43.6 Å². The lowest BCUT2D eigenvalue weighted by atomic mass is 10.1. The SMILES string of the molecule is Cn1ccc(CCNC(=O)Cc2cccc(N)c2)n1. The minimum Gasteiger partial charge on any atom is -0.399 e. The normalized spacial score (nSPS) is 10.4. The standard InChI is InChI=1S/C14H18N4O/c1-18-8-6-13(17-18)5-7-16-14(19)10-11-3-2-4-12(15)9-11/h2-4,6,8-9H,5,7,10,15H2,1H3,(H,16,19). The molecule has 100 valence electrons. The molecule has 5 nitrogen and oxygen atoms in total. The van der Waals surface area contributed by atoms with E-state index in [1.54, 1.807) is 4.68 Å². The Bertz CT molecular complexity index is 562. The van der Waals surface area contributed by atoms with Crippen molar-refractivity contribution in [3.8, 4) is 0 Å². The van der Waals surface area contributed by atoms with Gasteiger partial charge in [-0.2, -0.15) is 5.10 Å². The van der Waals surface area contributed by atoms with Crippen LogP contribution >= 0.6 is 0 Å². The second kappa shape index (κ2) is 6.04. The monoisotopic (exact) mass is 258 g/mol. The Hall–Kier alpha value is -2.30. The summed E-state index contributed by atoms with van der Waals surface area (Å²) in [6.07, 6.45) is 2.99. The molecule has 19 heavy (non-hydrogen) atoms. The average molecular weight is 258 g/mol. The molecule has 1 heterocycles. The van der Waals surface area contributed by atoms with Gasteiger partial charge in [0.05, 0.1) is 12.1 Å². The van der Waals surface area contributed by atoms with Crippen molar-refractivity contribution in [3.63, 3.8) is 0 Å². The summed E-state index contributed by atoms with van der Waals surface area (Å²) in [5.74, 6) is 0.00142. The quantitative estimate of drug-likeness (QED) is 0.783. The molecule has 1 amide bonds. The molecule has 0 atom stereocenters. The van der Waals surface area contributed by atoms with Crippen LogP contribution in [-0.2, 0) is 24.7 Å². The zero-order chi connectivity index (χ0) is 13.7. The average Bonchev–Trinajstić information content (AvgIpc) is 2.75. The Morgan fingerprint density at radius 3 is 2.95 bits per heavy atom. The van der Waals surface area contributed by atoms with Crippen LogP contribution in [0.5, 0.6) is 0 Å². The van der Waals surface area contributed by atoms with Crippen LogP contribution in [0.3, 0.4) is 0 Å². The number of nitrogens with zero attached hydrogens (tertiary/aromatic N) is 2. The largest absolute Gasteiger partial charge is 0.399 e. The maximum absolute atomic E-state index is 11.7. The van der Waals surface area contributed by atoms with Crippen LogP contribution in [0.25, 0.3) is 0 Å². The number of rotatable bonds is 5. The molecular weight excluding hydrogens is 240 g/mol. The Labute approximate surface area is 112 Å². The van der Waals surface area contributed by atoms with Gasteiger partial charge >= 0.3 is 0 Å². The van der Waals surface area contributed by atoms with Gasteiger partial charge in [0, 0.05) is 31.9 Å². The fraction of sp³-hybridized carbons (Fsp3) is 0.286. The number of nitrogen functional groups attached to an aromatic ring is 1. The van der Waals surface area contributed by atoms with Gasteiger partial charge < -0.3 is 11.1 Å². The van der Waals surface area contributed by atoms with Gasteiger partial charge in [-0.25, -0.2) is 0 Å². The van der Waals surface area contributed by atoms with Gasteiger partial charge in [0.2, 0.25) is 5.91 Å². The molecule has 0 aliphatic rings. The molecule has 5 heteroatoms. The van der Waals surface area contributed by atoms with Crippen molar-refractivity contribution in [1.82, 2.24) is 15.1 Å². The fourth-order valence-electron chi connectivity index (χ4n) is 1.88. The predicted octanol–water partition coefficient (Wildman–Crippen LogP) is 0.904. The highest BCUT2D eigenvalue weighted by atomic mass is 16.1. The third-order valence-electron chi connectivity index (χ3n) is 2.79. The van der Waals surface area contributed by atoms with Crippen LogP contribution in [0.15, 0.2) is 36.5 Å². The van der Waals surface area contributed by atoms with Crippen LogP contribution < -0.4 is 11.1 Å². The topological polar surface area (TPSA) is 72.9 Å². The highest BCUT2D eigenvalue weighted by molar-refractivity contribution is 5.78. The third-order valence-corrected chi connectivity index (χ3v) is 2.79. The van der Waals surface area contributed by atoms with E-state index in [1.165, 1.54) is 0 Å². The summed E-state index contributed by atoms with van der Waals surface area (Å²) in [6.45, 7) is 0.595. The summed E-state index contributed by atoms with van der Waals surface area (Å²) in [5, 5.41) is 7.13. The zero-order valence-corrected chi connectivity index (χ0v) is 11.0. The second-order valence-corrected chi connectivity index (χ2v) is 4.50. The molecule has 0 spiro atoms. The first-order valence-corrected chi connectivity index (χ1v) is 6.23. The molecule has 0 fully saturated rings. The molecule has 1 aromatic carbocycles. The van der Waals surface area contributed by atoms with Crippen molar-refractivity contribution >= 4 is 11.6 Å². The minimum absolute atomic E-state index is 0.00142. The molecule has 2 rings (SSSR count). The maximum Gasteiger partial charge on any atom is 0.224 e. The highest BCUT2D eigenvalue weighted by Crippen LogP contribution is 2.06. The van der Waals surface area contributed by atoms with Gasteiger partial charge in [0.25, 0.3) is 0 Å². The number of nitrogens with one attached hydrogen (secondary N) is 1. The lowest BCUT2D eigenvalue weighted by Crippen LogP contribution is -2.27. The Morgan fingerprint density at radius 2 is 2.26 bits per heavy atom. The molecule has 1 aromatic heterocycles. The Balaban J connectivity index is 1.76. The molecule has 0 aliphatic carbocycles. The second-order valence-electron chi connectivity index (χ2n) is 4.50. The van der Waals surface area contributed by atoms with E-state index in [0.29, 0.717) is 18.7 Å². The van der Waals surface area contributed by atoms with Gasteiger partial charge in [0.1, 0.15) is 0 Å². The van der Waals surface area contributed by atoms with E-state index in [0.717, 1.165) is 17.7 Å². The van der Waals surface area contributed by atoms with Gasteiger partial charge in [-0.15, -0.1) is 0 Å². The minimum atomic E-state index is 0.00142. The van der Waals surface area contributed by atoms with E-state index >= 15 is 0 Å². The first kappa shape index (κ1) is 13.1. The lowest BCUT2D eigenvalue weighted by molar-refractivity contribution is -0.120. The summed E-state index contributed by atoms with van der Waals surface area (Å²) < 4.78 is 1.75. The van der Waals surface area contributed by atoms with Crippen LogP contribution in [0.2, 0.25) is 0 Å². The predicted molar refractivity (Wildman–Crippen MR) is 74.5 cm³/mol. The molecule has 0 unspecified atom stereocenters. The van der Waals surface area contributed by atoms with E-state index in [2.05, 4.69) is 10.4 Å². The third kappa shape index (κ3) is 4.13. The summed E-state index contributed by atoms with van der Waals surface area (Å²) >= 11 is 0. The van der Waals surface area contributed by atoms with Crippen LogP contribution in [0.4, 0.5) is 5.69 Å². The van der Waals surface area contributed by atoms with Crippen LogP contribution in [0.1, 0.15) is 11.3 Å². The zero-order valence-electron chi connectivity index (χ0n) is 11.0. The number of nitrogens with two attached hydrogens (primary N) is 1. The Kier molecular flexibility index (Phi) is 4.18. The number of anilines is 1. The van der Waals surface area contributed by atoms with Crippen molar-refractivity contribution in [2.24, 2.45) is 7.05 Å². The van der Waals surface area contributed by atoms with Crippen LogP contribution in [-0.4, -0.2) is 22.2 Å². The molecule has 0 bridgehead atoms. The number of amides is 1. The lowest BCUT2D eigenvalue weighted by Gasteiger charge is -2.05. The van der Waals surface area contributed by atoms with Crippen molar-refractivity contribution in [2.75, 3.05) is 12.3 Å². The van der Waals surface area contributed by atoms with E-state index in [9.17, 15) is 4.79 Å². The van der Waals surface area contributed by atoms with Crippen LogP contribution in [0, 0.1) is 0 Å². The van der Waals surface area contributed by atoms with Gasteiger partial charge in [-0.05, 0) is 23.8 Å². The number of aromatic nitrogens is 2. The van der Waals surface area contributed by atoms with Gasteiger partial charge in [0.15, 0.2) is 0 Å². The number of carbonyl (C=O) groups is 1. The van der Waals surface area contributed by atoms with Crippen molar-refractivity contribution in [1.29, 1.82) is 0 Å². The van der Waals surface area contributed by atoms with Crippen molar-refractivity contribution in [2.45, 2.75) is 12.8 Å². The molecule has 0 aliphatic heterocycles. The molecule has 2 aromatic rings. The number of hydrogen-bond acceptors (Lipinski definition) is 3. The number of hydrogen-bond donors (Lipinski definition) is 2. The smallest absolute Gasteiger partial charge is 0.224 e. The van der Waals surface area contributed by atoms with E-state index in [-0.39, 0.29) is 5.91 Å². The van der Waals surface area contributed by atoms with Crippen molar-refractivity contribution < 1.29 is 4.79 Å². The van der Waals surface area contributed by atoms with Gasteiger partial charge in [-0.1, -0.05) is 12.1 Å². The summed E-state index contributed by atoms with van der Waals surface area (Å²) in [5.41, 5.74) is 8.25. The highest BCUT2D eigenvalue weighted by Gasteiger charge is 2.04. The summed E-state index contributed by atoms with van der Waals surface area (Å²) in [7, 11) is 1.88. The summed E-state index contributed by atoms with van der Waals surface area (Å²) in [6, 6.07) is 9.32. The molecule has 3 N–H and O–H groups in total. The van der Waals surface area contributed by atoms with Gasteiger partial charge in [-0.3, -0.25) is 9.48 Å². The number of benzene rings is 1. The molecule has 0 radical (unpaired) electrons. The van der Waals surface area contributed by atoms with Crippen molar-refractivity contribution in [3.05, 3.63) is 47.8 Å². The fourth-order valence-corrected chi connectivity index (χ4v) is 1.88. The van der Waals surface area contributed by atoms with E-state index in [4.69, 9.17) is 5.73 Å². The first-order chi connectivity index (χ1) is 9.13. The van der Waals surface area contributed by atoms with E-state index < -0.39 is 0 Å². The summed E-state index contributed by atoms with van der Waals surface area (Å²) in [4.78, 5) is 11.7. The molecular formula is C14H18N4O. The number of aryl methyl sites for hydroxylation is 1.